The number of nitrogens with one attached hydrogen (secondary N) is 3. The summed E-state index contributed by atoms with van der Waals surface area (Å²) in [6, 6.07) is 0.120. The van der Waals surface area contributed by atoms with Crippen LogP contribution in [0.2, 0.25) is 0 Å². The summed E-state index contributed by atoms with van der Waals surface area (Å²) in [6.45, 7) is 4.64. The van der Waals surface area contributed by atoms with E-state index in [1.54, 1.807) is 6.20 Å². The standard InChI is InChI=1S/C8H16N6/c1-3-10-8(14-9)13-6(2)7-4-11-12-5-7/h4-6H,3,9H2,1-2H3,(H,11,12)(H2,10,13,14). The molecule has 0 radical (unpaired) electrons. The van der Waals surface area contributed by atoms with Crippen LogP contribution in [0.1, 0.15) is 25.5 Å². The number of H-pyrrole nitrogens is 1. The molecule has 0 bridgehead atoms. The number of aromatic amines is 1. The zero-order valence-electron chi connectivity index (χ0n) is 8.41. The van der Waals surface area contributed by atoms with Crippen molar-refractivity contribution in [1.29, 1.82) is 0 Å². The lowest BCUT2D eigenvalue weighted by molar-refractivity contribution is 0.689. The predicted molar refractivity (Wildman–Crippen MR) is 55.4 cm³/mol. The Morgan fingerprint density at radius 2 is 2.57 bits per heavy atom. The van der Waals surface area contributed by atoms with Crippen LogP contribution in [0, 0.1) is 0 Å². The molecule has 0 aliphatic rings. The van der Waals surface area contributed by atoms with Gasteiger partial charge in [-0.05, 0) is 13.8 Å². The molecule has 1 aromatic rings. The van der Waals surface area contributed by atoms with Crippen LogP contribution in [-0.4, -0.2) is 22.7 Å². The van der Waals surface area contributed by atoms with E-state index in [9.17, 15) is 0 Å². The third-order valence-electron chi connectivity index (χ3n) is 1.83. The normalized spacial score (nSPS) is 13.8. The second-order valence-corrected chi connectivity index (χ2v) is 2.86. The van der Waals surface area contributed by atoms with Gasteiger partial charge < -0.3 is 5.32 Å². The second kappa shape index (κ2) is 5.23. The third kappa shape index (κ3) is 2.74. The van der Waals surface area contributed by atoms with E-state index in [0.29, 0.717) is 12.5 Å². The minimum Gasteiger partial charge on any atom is -0.349 e. The van der Waals surface area contributed by atoms with Gasteiger partial charge in [-0.2, -0.15) is 5.10 Å². The quantitative estimate of drug-likeness (QED) is 0.235. The van der Waals surface area contributed by atoms with Crippen molar-refractivity contribution in [2.24, 2.45) is 10.8 Å². The molecule has 0 aliphatic heterocycles. The lowest BCUT2D eigenvalue weighted by atomic mass is 10.2. The lowest BCUT2D eigenvalue weighted by Gasteiger charge is -2.14. The molecule has 1 atom stereocenters. The summed E-state index contributed by atoms with van der Waals surface area (Å²) in [5.74, 6) is 5.88. The second-order valence-electron chi connectivity index (χ2n) is 2.86. The third-order valence-corrected chi connectivity index (χ3v) is 1.83. The number of nitrogens with two attached hydrogens (primary N) is 1. The van der Waals surface area contributed by atoms with Crippen LogP contribution >= 0.6 is 0 Å². The van der Waals surface area contributed by atoms with Gasteiger partial charge in [-0.1, -0.05) is 0 Å². The number of hydrogen-bond acceptors (Lipinski definition) is 3. The number of aliphatic imine (C=N–C) groups is 1. The van der Waals surface area contributed by atoms with Crippen molar-refractivity contribution >= 4 is 5.96 Å². The van der Waals surface area contributed by atoms with Crippen LogP contribution < -0.4 is 16.6 Å². The Morgan fingerprint density at radius 3 is 3.07 bits per heavy atom. The first-order valence-corrected chi connectivity index (χ1v) is 4.54. The molecule has 1 heterocycles. The molecule has 1 rings (SSSR count). The van der Waals surface area contributed by atoms with Crippen LogP contribution in [0.25, 0.3) is 0 Å². The summed E-state index contributed by atoms with van der Waals surface area (Å²) in [5, 5.41) is 9.74. The summed E-state index contributed by atoms with van der Waals surface area (Å²) in [4.78, 5) is 4.13. The van der Waals surface area contributed by atoms with Crippen LogP contribution in [-0.2, 0) is 0 Å². The zero-order chi connectivity index (χ0) is 10.4. The Balaban J connectivity index is 2.55. The summed E-state index contributed by atoms with van der Waals surface area (Å²) >= 11 is 0. The van der Waals surface area contributed by atoms with Crippen molar-refractivity contribution in [1.82, 2.24) is 20.9 Å². The molecule has 0 spiro atoms. The summed E-state index contributed by atoms with van der Waals surface area (Å²) in [6.07, 6.45) is 3.59. The van der Waals surface area contributed by atoms with Gasteiger partial charge in [0.1, 0.15) is 0 Å². The van der Waals surface area contributed by atoms with Crippen molar-refractivity contribution < 1.29 is 0 Å². The molecule has 0 saturated heterocycles. The smallest absolute Gasteiger partial charge is 0.206 e. The molecular weight excluding hydrogens is 180 g/mol. The topological polar surface area (TPSA) is 91.1 Å². The van der Waals surface area contributed by atoms with E-state index in [-0.39, 0.29) is 6.04 Å². The summed E-state index contributed by atoms with van der Waals surface area (Å²) in [5.41, 5.74) is 3.56. The molecule has 0 aliphatic carbocycles. The number of aromatic nitrogens is 2. The van der Waals surface area contributed by atoms with Gasteiger partial charge in [0.15, 0.2) is 0 Å². The largest absolute Gasteiger partial charge is 0.349 e. The van der Waals surface area contributed by atoms with Gasteiger partial charge in [-0.3, -0.25) is 15.5 Å². The van der Waals surface area contributed by atoms with E-state index < -0.39 is 0 Å². The first kappa shape index (κ1) is 10.5. The summed E-state index contributed by atoms with van der Waals surface area (Å²) < 4.78 is 0. The van der Waals surface area contributed by atoms with Crippen molar-refractivity contribution in [3.05, 3.63) is 18.0 Å². The zero-order valence-corrected chi connectivity index (χ0v) is 8.41. The molecule has 1 unspecified atom stereocenters. The van der Waals surface area contributed by atoms with Gasteiger partial charge in [0, 0.05) is 18.3 Å². The Hall–Kier alpha value is -1.56. The molecule has 78 valence electrons. The molecule has 6 nitrogen and oxygen atoms in total. The summed E-state index contributed by atoms with van der Waals surface area (Å²) in [7, 11) is 0. The van der Waals surface area contributed by atoms with E-state index in [0.717, 1.165) is 5.56 Å². The molecule has 1 aromatic heterocycles. The van der Waals surface area contributed by atoms with E-state index >= 15 is 0 Å². The highest BCUT2D eigenvalue weighted by Crippen LogP contribution is 2.08. The van der Waals surface area contributed by atoms with E-state index in [1.807, 2.05) is 20.0 Å². The van der Waals surface area contributed by atoms with Gasteiger partial charge in [0.05, 0.1) is 12.2 Å². The van der Waals surface area contributed by atoms with Gasteiger partial charge in [-0.15, -0.1) is 0 Å². The molecule has 6 heteroatoms. The van der Waals surface area contributed by atoms with Gasteiger partial charge in [0.2, 0.25) is 5.96 Å². The number of hydrogen-bond donors (Lipinski definition) is 4. The Bertz CT molecular complexity index is 278. The molecule has 5 N–H and O–H groups in total. The Kier molecular flexibility index (Phi) is 3.93. The molecule has 0 aromatic carbocycles. The van der Waals surface area contributed by atoms with Crippen LogP contribution in [0.3, 0.4) is 0 Å². The van der Waals surface area contributed by atoms with Crippen molar-refractivity contribution in [3.8, 4) is 0 Å². The highest BCUT2D eigenvalue weighted by atomic mass is 15.3. The first-order valence-electron chi connectivity index (χ1n) is 4.54. The molecule has 0 saturated carbocycles. The minimum absolute atomic E-state index is 0.120. The lowest BCUT2D eigenvalue weighted by Crippen LogP contribution is -2.42. The monoisotopic (exact) mass is 196 g/mol. The van der Waals surface area contributed by atoms with Crippen molar-refractivity contribution in [2.45, 2.75) is 19.9 Å². The van der Waals surface area contributed by atoms with Crippen LogP contribution in [0.4, 0.5) is 0 Å². The van der Waals surface area contributed by atoms with Gasteiger partial charge >= 0.3 is 0 Å². The van der Waals surface area contributed by atoms with Gasteiger partial charge in [-0.25, -0.2) is 5.84 Å². The molecule has 0 fully saturated rings. The Labute approximate surface area is 83.0 Å². The average molecular weight is 196 g/mol. The highest BCUT2D eigenvalue weighted by molar-refractivity contribution is 5.79. The fourth-order valence-electron chi connectivity index (χ4n) is 1.08. The predicted octanol–water partition coefficient (Wildman–Crippen LogP) is -0.100. The van der Waals surface area contributed by atoms with Crippen LogP contribution in [0.15, 0.2) is 17.4 Å². The maximum Gasteiger partial charge on any atom is 0.206 e. The number of nitrogens with zero attached hydrogens (tertiary/aromatic N) is 2. The van der Waals surface area contributed by atoms with Gasteiger partial charge in [0.25, 0.3) is 0 Å². The SMILES string of the molecule is CCN=C(NN)NC(C)c1cn[nH]c1. The Morgan fingerprint density at radius 1 is 1.79 bits per heavy atom. The number of hydrazine groups is 1. The van der Waals surface area contributed by atoms with Crippen molar-refractivity contribution in [2.75, 3.05) is 6.54 Å². The van der Waals surface area contributed by atoms with E-state index in [2.05, 4.69) is 25.9 Å². The maximum atomic E-state index is 5.29. The highest BCUT2D eigenvalue weighted by Gasteiger charge is 2.07. The van der Waals surface area contributed by atoms with Crippen LogP contribution in [0.5, 0.6) is 0 Å². The number of rotatable bonds is 3. The van der Waals surface area contributed by atoms with E-state index in [4.69, 9.17) is 5.84 Å². The molecular formula is C8H16N6. The average Bonchev–Trinajstić information content (AvgIpc) is 2.69. The van der Waals surface area contributed by atoms with E-state index in [1.165, 1.54) is 0 Å². The fraction of sp³-hybridized carbons (Fsp3) is 0.500. The fourth-order valence-corrected chi connectivity index (χ4v) is 1.08. The minimum atomic E-state index is 0.120. The number of guanidine groups is 1. The molecule has 0 amide bonds. The van der Waals surface area contributed by atoms with Crippen molar-refractivity contribution in [3.63, 3.8) is 0 Å². The first-order chi connectivity index (χ1) is 6.77. The maximum absolute atomic E-state index is 5.29. The molecule has 14 heavy (non-hydrogen) atoms.